The van der Waals surface area contributed by atoms with Gasteiger partial charge in [0.05, 0.1) is 12.1 Å². The molecule has 2 atom stereocenters. The Bertz CT molecular complexity index is 271. The third kappa shape index (κ3) is 1.16. The maximum atomic E-state index is 4.30. The molecule has 1 aliphatic heterocycles. The van der Waals surface area contributed by atoms with Crippen molar-refractivity contribution in [1.29, 1.82) is 0 Å². The summed E-state index contributed by atoms with van der Waals surface area (Å²) in [6, 6.07) is 0.508. The predicted molar refractivity (Wildman–Crippen MR) is 47.5 cm³/mol. The number of nitrogens with zero attached hydrogens (tertiary/aromatic N) is 2. The van der Waals surface area contributed by atoms with Crippen LogP contribution in [-0.2, 0) is 0 Å². The quantitative estimate of drug-likeness (QED) is 0.493. The van der Waals surface area contributed by atoms with Crippen molar-refractivity contribution in [2.75, 3.05) is 0 Å². The first-order valence-electron chi connectivity index (χ1n) is 3.78. The maximum Gasteiger partial charge on any atom is 0.0945 e. The Morgan fingerprint density at radius 3 is 2.73 bits per heavy atom. The van der Waals surface area contributed by atoms with Gasteiger partial charge >= 0.3 is 0 Å². The summed E-state index contributed by atoms with van der Waals surface area (Å²) >= 11 is 0. The largest absolute Gasteiger partial charge is 0.282 e. The zero-order valence-electron chi connectivity index (χ0n) is 6.44. The summed E-state index contributed by atoms with van der Waals surface area (Å²) in [7, 11) is 0. The summed E-state index contributed by atoms with van der Waals surface area (Å²) in [6.45, 7) is 2.08. The van der Waals surface area contributed by atoms with Crippen LogP contribution in [0.4, 0.5) is 0 Å². The first kappa shape index (κ1) is 6.53. The van der Waals surface area contributed by atoms with Gasteiger partial charge in [-0.3, -0.25) is 9.98 Å². The Hall–Kier alpha value is -1.18. The lowest BCUT2D eigenvalue weighted by atomic mass is 9.99. The SMILES string of the molecule is CC1=CC2N=CC=NC2C=C1. The van der Waals surface area contributed by atoms with Crippen LogP contribution in [0.2, 0.25) is 0 Å². The molecular formula is C9H10N2. The van der Waals surface area contributed by atoms with Gasteiger partial charge in [-0.05, 0) is 6.92 Å². The number of allylic oxidation sites excluding steroid dienone is 2. The molecule has 0 spiro atoms. The Labute approximate surface area is 66.1 Å². The average molecular weight is 146 g/mol. The van der Waals surface area contributed by atoms with Gasteiger partial charge in [0.15, 0.2) is 0 Å². The molecule has 0 saturated heterocycles. The van der Waals surface area contributed by atoms with E-state index >= 15 is 0 Å². The van der Waals surface area contributed by atoms with Gasteiger partial charge < -0.3 is 0 Å². The molecule has 0 fully saturated rings. The molecule has 0 N–H and O–H groups in total. The van der Waals surface area contributed by atoms with Crippen molar-refractivity contribution in [3.63, 3.8) is 0 Å². The molecule has 2 rings (SSSR count). The Morgan fingerprint density at radius 2 is 1.91 bits per heavy atom. The highest BCUT2D eigenvalue weighted by Crippen LogP contribution is 2.17. The Morgan fingerprint density at radius 1 is 1.18 bits per heavy atom. The second-order valence-corrected chi connectivity index (χ2v) is 2.85. The summed E-state index contributed by atoms with van der Waals surface area (Å²) in [4.78, 5) is 8.58. The van der Waals surface area contributed by atoms with Gasteiger partial charge in [-0.25, -0.2) is 0 Å². The summed E-state index contributed by atoms with van der Waals surface area (Å²) in [5.41, 5.74) is 1.28. The monoisotopic (exact) mass is 146 g/mol. The molecule has 0 bridgehead atoms. The molecule has 1 aliphatic carbocycles. The highest BCUT2D eigenvalue weighted by molar-refractivity contribution is 6.16. The van der Waals surface area contributed by atoms with Crippen LogP contribution in [0.25, 0.3) is 0 Å². The van der Waals surface area contributed by atoms with Crippen LogP contribution in [0, 0.1) is 0 Å². The molecular weight excluding hydrogens is 136 g/mol. The van der Waals surface area contributed by atoms with Gasteiger partial charge in [-0.1, -0.05) is 23.8 Å². The molecule has 0 amide bonds. The van der Waals surface area contributed by atoms with E-state index < -0.39 is 0 Å². The zero-order valence-corrected chi connectivity index (χ0v) is 6.44. The highest BCUT2D eigenvalue weighted by Gasteiger charge is 2.18. The normalized spacial score (nSPS) is 33.4. The first-order valence-corrected chi connectivity index (χ1v) is 3.78. The molecule has 1 heterocycles. The van der Waals surface area contributed by atoms with Gasteiger partial charge in [0, 0.05) is 12.4 Å². The minimum absolute atomic E-state index is 0.253. The second-order valence-electron chi connectivity index (χ2n) is 2.85. The number of aliphatic imine (C=N–C) groups is 2. The van der Waals surface area contributed by atoms with Crippen LogP contribution < -0.4 is 0 Å². The number of fused-ring (bicyclic) bond motifs is 1. The fourth-order valence-electron chi connectivity index (χ4n) is 1.33. The third-order valence-electron chi connectivity index (χ3n) is 1.92. The highest BCUT2D eigenvalue weighted by atomic mass is 14.9. The van der Waals surface area contributed by atoms with Crippen molar-refractivity contribution in [3.05, 3.63) is 23.8 Å². The fourth-order valence-corrected chi connectivity index (χ4v) is 1.33. The lowest BCUT2D eigenvalue weighted by Gasteiger charge is -2.20. The van der Waals surface area contributed by atoms with Gasteiger partial charge in [0.1, 0.15) is 0 Å². The molecule has 0 radical (unpaired) electrons. The van der Waals surface area contributed by atoms with Crippen molar-refractivity contribution in [1.82, 2.24) is 0 Å². The van der Waals surface area contributed by atoms with E-state index in [2.05, 4.69) is 35.1 Å². The molecule has 2 nitrogen and oxygen atoms in total. The fraction of sp³-hybridized carbons (Fsp3) is 0.333. The van der Waals surface area contributed by atoms with Crippen molar-refractivity contribution < 1.29 is 0 Å². The van der Waals surface area contributed by atoms with Crippen LogP contribution in [0.15, 0.2) is 33.8 Å². The van der Waals surface area contributed by atoms with E-state index in [1.807, 2.05) is 0 Å². The average Bonchev–Trinajstić information content (AvgIpc) is 2.04. The molecule has 0 saturated carbocycles. The van der Waals surface area contributed by atoms with E-state index in [4.69, 9.17) is 0 Å². The van der Waals surface area contributed by atoms with E-state index in [0.29, 0.717) is 0 Å². The first-order chi connectivity index (χ1) is 5.36. The third-order valence-corrected chi connectivity index (χ3v) is 1.92. The van der Waals surface area contributed by atoms with Crippen molar-refractivity contribution in [2.45, 2.75) is 19.0 Å². The van der Waals surface area contributed by atoms with Crippen LogP contribution in [0.1, 0.15) is 6.92 Å². The maximum absolute atomic E-state index is 4.30. The van der Waals surface area contributed by atoms with Crippen molar-refractivity contribution in [3.8, 4) is 0 Å². The van der Waals surface area contributed by atoms with E-state index in [9.17, 15) is 0 Å². The predicted octanol–water partition coefficient (Wildman–Crippen LogP) is 1.39. The zero-order chi connectivity index (χ0) is 7.68. The molecule has 0 aromatic heterocycles. The molecule has 2 heteroatoms. The molecule has 2 aliphatic rings. The number of hydrogen-bond donors (Lipinski definition) is 0. The summed E-state index contributed by atoms with van der Waals surface area (Å²) in [5, 5.41) is 0. The summed E-state index contributed by atoms with van der Waals surface area (Å²) in [5.74, 6) is 0. The van der Waals surface area contributed by atoms with E-state index in [0.717, 1.165) is 0 Å². The van der Waals surface area contributed by atoms with Gasteiger partial charge in [0.2, 0.25) is 0 Å². The van der Waals surface area contributed by atoms with Gasteiger partial charge in [-0.15, -0.1) is 0 Å². The summed E-state index contributed by atoms with van der Waals surface area (Å²) < 4.78 is 0. The van der Waals surface area contributed by atoms with Gasteiger partial charge in [-0.2, -0.15) is 0 Å². The van der Waals surface area contributed by atoms with E-state index in [-0.39, 0.29) is 12.1 Å². The molecule has 0 aromatic carbocycles. The lowest BCUT2D eigenvalue weighted by Crippen LogP contribution is -2.24. The van der Waals surface area contributed by atoms with Gasteiger partial charge in [0.25, 0.3) is 0 Å². The molecule has 11 heavy (non-hydrogen) atoms. The smallest absolute Gasteiger partial charge is 0.0945 e. The molecule has 0 aromatic rings. The van der Waals surface area contributed by atoms with Crippen LogP contribution in [0.5, 0.6) is 0 Å². The van der Waals surface area contributed by atoms with Crippen molar-refractivity contribution in [2.24, 2.45) is 9.98 Å². The van der Waals surface area contributed by atoms with E-state index in [1.54, 1.807) is 12.4 Å². The number of hydrogen-bond acceptors (Lipinski definition) is 2. The van der Waals surface area contributed by atoms with Crippen molar-refractivity contribution >= 4 is 12.4 Å². The lowest BCUT2D eigenvalue weighted by molar-refractivity contribution is 0.697. The van der Waals surface area contributed by atoms with E-state index in [1.165, 1.54) is 5.57 Å². The molecule has 56 valence electrons. The topological polar surface area (TPSA) is 24.7 Å². The standard InChI is InChI=1S/C9H10N2/c1-7-2-3-8-9(6-7)11-5-4-10-8/h2-6,8-9H,1H3. The minimum atomic E-state index is 0.253. The molecule has 2 unspecified atom stereocenters. The second kappa shape index (κ2) is 2.46. The summed E-state index contributed by atoms with van der Waals surface area (Å²) in [6.07, 6.45) is 9.88. The van der Waals surface area contributed by atoms with Crippen LogP contribution >= 0.6 is 0 Å². The minimum Gasteiger partial charge on any atom is -0.282 e. The van der Waals surface area contributed by atoms with Crippen LogP contribution in [0.3, 0.4) is 0 Å². The number of rotatable bonds is 0. The Balaban J connectivity index is 2.29. The van der Waals surface area contributed by atoms with Crippen LogP contribution in [-0.4, -0.2) is 24.5 Å². The Kier molecular flexibility index (Phi) is 1.46.